The summed E-state index contributed by atoms with van der Waals surface area (Å²) >= 11 is 12.9. The Hall–Kier alpha value is -3.07. The van der Waals surface area contributed by atoms with Gasteiger partial charge >= 0.3 is 0 Å². The molecule has 10 heteroatoms. The van der Waals surface area contributed by atoms with Crippen molar-refractivity contribution in [3.63, 3.8) is 0 Å². The van der Waals surface area contributed by atoms with Gasteiger partial charge in [0.05, 0.1) is 11.9 Å². The Labute approximate surface area is 247 Å². The number of nitrogens with zero attached hydrogens (tertiary/aromatic N) is 2. The lowest BCUT2D eigenvalue weighted by molar-refractivity contribution is -0.141. The minimum atomic E-state index is -3.59. The summed E-state index contributed by atoms with van der Waals surface area (Å²) in [5.74, 6) is -0.637. The first-order valence-electron chi connectivity index (χ1n) is 12.9. The van der Waals surface area contributed by atoms with E-state index < -0.39 is 16.1 Å². The van der Waals surface area contributed by atoms with Gasteiger partial charge in [-0.05, 0) is 61.2 Å². The lowest BCUT2D eigenvalue weighted by Crippen LogP contribution is -2.50. The molecule has 214 valence electrons. The van der Waals surface area contributed by atoms with Gasteiger partial charge < -0.3 is 10.2 Å². The van der Waals surface area contributed by atoms with Gasteiger partial charge in [0, 0.05) is 48.6 Å². The summed E-state index contributed by atoms with van der Waals surface area (Å²) in [4.78, 5) is 28.4. The SMILES string of the molecule is CNC(=O)[C@@H](Cc1ccccc1)N(Cc1c(Cl)cccc1Cl)C(=O)CCCN(c1ccc(C)c(C)c1)S(C)(=O)=O. The Balaban J connectivity index is 1.89. The van der Waals surface area contributed by atoms with Crippen molar-refractivity contribution in [2.24, 2.45) is 0 Å². The number of nitrogens with one attached hydrogen (secondary N) is 1. The van der Waals surface area contributed by atoms with Crippen molar-refractivity contribution in [1.82, 2.24) is 10.2 Å². The molecule has 0 aromatic heterocycles. The third-order valence-corrected chi connectivity index (χ3v) is 8.74. The van der Waals surface area contributed by atoms with Gasteiger partial charge in [0.2, 0.25) is 21.8 Å². The molecule has 0 aliphatic heterocycles. The molecule has 1 atom stereocenters. The van der Waals surface area contributed by atoms with Crippen molar-refractivity contribution >= 4 is 50.7 Å². The molecule has 7 nitrogen and oxygen atoms in total. The number of benzene rings is 3. The lowest BCUT2D eigenvalue weighted by Gasteiger charge is -2.32. The summed E-state index contributed by atoms with van der Waals surface area (Å²) in [5.41, 5.74) is 4.00. The molecule has 0 radical (unpaired) electrons. The predicted molar refractivity (Wildman–Crippen MR) is 162 cm³/mol. The second kappa shape index (κ2) is 14.0. The summed E-state index contributed by atoms with van der Waals surface area (Å²) < 4.78 is 26.6. The molecule has 40 heavy (non-hydrogen) atoms. The lowest BCUT2D eigenvalue weighted by atomic mass is 10.0. The summed E-state index contributed by atoms with van der Waals surface area (Å²) in [6.45, 7) is 4.01. The van der Waals surface area contributed by atoms with Crippen LogP contribution in [0.2, 0.25) is 10.0 Å². The van der Waals surface area contributed by atoms with Crippen molar-refractivity contribution in [3.05, 3.63) is 99.0 Å². The monoisotopic (exact) mass is 603 g/mol. The molecule has 0 aliphatic rings. The molecule has 3 rings (SSSR count). The number of rotatable bonds is 12. The number of anilines is 1. The summed E-state index contributed by atoms with van der Waals surface area (Å²) in [5, 5.41) is 3.45. The molecule has 1 N–H and O–H groups in total. The van der Waals surface area contributed by atoms with Gasteiger partial charge in [0.1, 0.15) is 6.04 Å². The number of hydrogen-bond acceptors (Lipinski definition) is 4. The fraction of sp³-hybridized carbons (Fsp3) is 0.333. The number of aryl methyl sites for hydroxylation is 2. The van der Waals surface area contributed by atoms with Crippen LogP contribution in [-0.2, 0) is 32.6 Å². The van der Waals surface area contributed by atoms with Gasteiger partial charge in [-0.1, -0.05) is 65.7 Å². The highest BCUT2D eigenvalue weighted by Gasteiger charge is 2.31. The Morgan fingerprint density at radius 2 is 1.57 bits per heavy atom. The van der Waals surface area contributed by atoms with E-state index in [-0.39, 0.29) is 44.2 Å². The van der Waals surface area contributed by atoms with Crippen LogP contribution >= 0.6 is 23.2 Å². The number of hydrogen-bond donors (Lipinski definition) is 1. The van der Waals surface area contributed by atoms with Crippen molar-refractivity contribution in [2.75, 3.05) is 24.2 Å². The Morgan fingerprint density at radius 3 is 2.15 bits per heavy atom. The molecule has 0 saturated heterocycles. The molecular weight excluding hydrogens is 569 g/mol. The average Bonchev–Trinajstić information content (AvgIpc) is 2.91. The second-order valence-corrected chi connectivity index (χ2v) is 12.5. The summed E-state index contributed by atoms with van der Waals surface area (Å²) in [6, 6.07) is 19.1. The van der Waals surface area contributed by atoms with Crippen molar-refractivity contribution in [1.29, 1.82) is 0 Å². The van der Waals surface area contributed by atoms with E-state index in [0.717, 1.165) is 22.9 Å². The van der Waals surface area contributed by atoms with E-state index in [4.69, 9.17) is 23.2 Å². The maximum absolute atomic E-state index is 13.8. The van der Waals surface area contributed by atoms with E-state index in [1.54, 1.807) is 24.3 Å². The summed E-state index contributed by atoms with van der Waals surface area (Å²) in [6.07, 6.45) is 1.70. The molecule has 0 fully saturated rings. The quantitative estimate of drug-likeness (QED) is 0.294. The molecule has 0 aliphatic carbocycles. The van der Waals surface area contributed by atoms with Crippen LogP contribution in [0.1, 0.15) is 35.1 Å². The highest BCUT2D eigenvalue weighted by Crippen LogP contribution is 2.28. The topological polar surface area (TPSA) is 86.8 Å². The molecule has 2 amide bonds. The first-order valence-corrected chi connectivity index (χ1v) is 15.6. The number of carbonyl (C=O) groups is 2. The number of carbonyl (C=O) groups excluding carboxylic acids is 2. The van der Waals surface area contributed by atoms with Crippen LogP contribution in [0.25, 0.3) is 0 Å². The third kappa shape index (κ3) is 8.22. The van der Waals surface area contributed by atoms with E-state index in [1.165, 1.54) is 16.3 Å². The Morgan fingerprint density at radius 1 is 0.925 bits per heavy atom. The van der Waals surface area contributed by atoms with Crippen LogP contribution in [-0.4, -0.2) is 51.0 Å². The number of likely N-dealkylation sites (N-methyl/N-ethyl adjacent to an activating group) is 1. The maximum atomic E-state index is 13.8. The van der Waals surface area contributed by atoms with Crippen LogP contribution in [0, 0.1) is 13.8 Å². The Bertz CT molecular complexity index is 1430. The van der Waals surface area contributed by atoms with E-state index in [1.807, 2.05) is 56.3 Å². The fourth-order valence-electron chi connectivity index (χ4n) is 4.46. The first kappa shape index (κ1) is 31.5. The second-order valence-electron chi connectivity index (χ2n) is 9.75. The number of sulfonamides is 1. The summed E-state index contributed by atoms with van der Waals surface area (Å²) in [7, 11) is -2.06. The highest BCUT2D eigenvalue weighted by molar-refractivity contribution is 7.92. The number of amides is 2. The van der Waals surface area contributed by atoms with Crippen LogP contribution in [0.3, 0.4) is 0 Å². The number of halogens is 2. The predicted octanol–water partition coefficient (Wildman–Crippen LogP) is 5.54. The van der Waals surface area contributed by atoms with E-state index >= 15 is 0 Å². The largest absolute Gasteiger partial charge is 0.357 e. The fourth-order valence-corrected chi connectivity index (χ4v) is 5.93. The molecule has 0 saturated carbocycles. The highest BCUT2D eigenvalue weighted by atomic mass is 35.5. The molecule has 3 aromatic carbocycles. The van der Waals surface area contributed by atoms with Crippen molar-refractivity contribution in [3.8, 4) is 0 Å². The van der Waals surface area contributed by atoms with Gasteiger partial charge in [-0.15, -0.1) is 0 Å². The Kier molecular flexibility index (Phi) is 11.0. The zero-order chi connectivity index (χ0) is 29.4. The first-order chi connectivity index (χ1) is 18.9. The van der Waals surface area contributed by atoms with Gasteiger partial charge in [0.25, 0.3) is 0 Å². The standard InChI is InChI=1S/C30H35Cl2N3O4S/c1-21-15-16-24(18-22(21)2)35(40(4,38)39)17-9-14-29(36)34(20-25-26(31)12-8-13-27(25)32)28(30(37)33-3)19-23-10-6-5-7-11-23/h5-8,10-13,15-16,18,28H,9,14,17,19-20H2,1-4H3,(H,33,37)/t28-/m1/s1. The van der Waals surface area contributed by atoms with Gasteiger partial charge in [-0.3, -0.25) is 13.9 Å². The molecule has 0 unspecified atom stereocenters. The van der Waals surface area contributed by atoms with Crippen LogP contribution in [0.4, 0.5) is 5.69 Å². The maximum Gasteiger partial charge on any atom is 0.242 e. The van der Waals surface area contributed by atoms with Crippen LogP contribution < -0.4 is 9.62 Å². The van der Waals surface area contributed by atoms with E-state index in [9.17, 15) is 18.0 Å². The van der Waals surface area contributed by atoms with E-state index in [0.29, 0.717) is 21.3 Å². The molecule has 0 spiro atoms. The minimum absolute atomic E-state index is 0.0151. The smallest absolute Gasteiger partial charge is 0.242 e. The molecule has 0 bridgehead atoms. The van der Waals surface area contributed by atoms with Gasteiger partial charge in [-0.25, -0.2) is 8.42 Å². The average molecular weight is 605 g/mol. The zero-order valence-corrected chi connectivity index (χ0v) is 25.5. The van der Waals surface area contributed by atoms with Crippen molar-refractivity contribution < 1.29 is 18.0 Å². The van der Waals surface area contributed by atoms with Gasteiger partial charge in [0.15, 0.2) is 0 Å². The molecular formula is C30H35Cl2N3O4S. The van der Waals surface area contributed by atoms with Crippen molar-refractivity contribution in [2.45, 2.75) is 45.7 Å². The van der Waals surface area contributed by atoms with Crippen LogP contribution in [0.15, 0.2) is 66.7 Å². The molecule has 3 aromatic rings. The third-order valence-electron chi connectivity index (χ3n) is 6.84. The zero-order valence-electron chi connectivity index (χ0n) is 23.2. The van der Waals surface area contributed by atoms with Crippen LogP contribution in [0.5, 0.6) is 0 Å². The van der Waals surface area contributed by atoms with Gasteiger partial charge in [-0.2, -0.15) is 0 Å². The minimum Gasteiger partial charge on any atom is -0.357 e. The normalized spacial score (nSPS) is 12.1. The molecule has 0 heterocycles. The van der Waals surface area contributed by atoms with E-state index in [2.05, 4.69) is 5.32 Å².